The lowest BCUT2D eigenvalue weighted by atomic mass is 10.2. The lowest BCUT2D eigenvalue weighted by molar-refractivity contribution is 0.00628. The molecule has 0 unspecified atom stereocenters. The number of rotatable bonds is 2. The molecule has 1 rings (SSSR count). The van der Waals surface area contributed by atoms with Gasteiger partial charge in [0, 0.05) is 13.0 Å². The zero-order valence-corrected chi connectivity index (χ0v) is 9.25. The summed E-state index contributed by atoms with van der Waals surface area (Å²) in [6, 6.07) is 1.39. The molecule has 1 aromatic rings. The van der Waals surface area contributed by atoms with Gasteiger partial charge in [-0.1, -0.05) is 0 Å². The minimum absolute atomic E-state index is 0.190. The zero-order chi connectivity index (χ0) is 11.6. The summed E-state index contributed by atoms with van der Waals surface area (Å²) in [5, 5.41) is 6.16. The Morgan fingerprint density at radius 2 is 2.00 bits per heavy atom. The number of nitrogens with zero attached hydrogens (tertiary/aromatic N) is 1. The number of Topliss-reactive ketones (excluding diaryl/α,β-unsaturated/α-hetero) is 1. The number of nitrogens with one attached hydrogen (secondary N) is 1. The third-order valence-electron chi connectivity index (χ3n) is 1.56. The number of hydrogen-bond donors (Lipinski definition) is 1. The van der Waals surface area contributed by atoms with E-state index in [0.29, 0.717) is 0 Å². The van der Waals surface area contributed by atoms with E-state index in [1.807, 2.05) is 0 Å². The van der Waals surface area contributed by atoms with Gasteiger partial charge >= 0.3 is 5.97 Å². The normalized spacial score (nSPS) is 11.2. The van der Waals surface area contributed by atoms with Crippen molar-refractivity contribution in [3.8, 4) is 0 Å². The predicted octanol–water partition coefficient (Wildman–Crippen LogP) is 1.57. The van der Waals surface area contributed by atoms with Gasteiger partial charge in [-0.3, -0.25) is 9.89 Å². The van der Waals surface area contributed by atoms with Crippen LogP contribution in [0.1, 0.15) is 48.7 Å². The fraction of sp³-hybridized carbons (Fsp3) is 0.500. The summed E-state index contributed by atoms with van der Waals surface area (Å²) >= 11 is 0. The van der Waals surface area contributed by atoms with Crippen LogP contribution >= 0.6 is 0 Å². The van der Waals surface area contributed by atoms with Gasteiger partial charge in [0.15, 0.2) is 5.78 Å². The second kappa shape index (κ2) is 3.84. The van der Waals surface area contributed by atoms with Crippen molar-refractivity contribution in [3.05, 3.63) is 17.5 Å². The van der Waals surface area contributed by atoms with E-state index < -0.39 is 11.6 Å². The Balaban J connectivity index is 2.79. The Morgan fingerprint density at radius 1 is 1.40 bits per heavy atom. The summed E-state index contributed by atoms with van der Waals surface area (Å²) in [6.07, 6.45) is 0. The number of hydrogen-bond acceptors (Lipinski definition) is 4. The van der Waals surface area contributed by atoms with Crippen LogP contribution in [-0.2, 0) is 4.74 Å². The highest BCUT2D eigenvalue weighted by molar-refractivity contribution is 5.95. The summed E-state index contributed by atoms with van der Waals surface area (Å²) in [4.78, 5) is 22.4. The predicted molar refractivity (Wildman–Crippen MR) is 53.8 cm³/mol. The van der Waals surface area contributed by atoms with Gasteiger partial charge in [-0.2, -0.15) is 5.10 Å². The third-order valence-corrected chi connectivity index (χ3v) is 1.56. The minimum atomic E-state index is -0.557. The molecule has 5 nitrogen and oxygen atoms in total. The van der Waals surface area contributed by atoms with Crippen LogP contribution in [0.3, 0.4) is 0 Å². The molecule has 0 aromatic carbocycles. The van der Waals surface area contributed by atoms with Crippen molar-refractivity contribution in [1.82, 2.24) is 10.2 Å². The third kappa shape index (κ3) is 3.19. The maximum absolute atomic E-state index is 11.5. The van der Waals surface area contributed by atoms with Gasteiger partial charge in [0.05, 0.1) is 0 Å². The molecule has 0 amide bonds. The van der Waals surface area contributed by atoms with E-state index in [-0.39, 0.29) is 17.2 Å². The molecule has 0 bridgehead atoms. The first-order valence-electron chi connectivity index (χ1n) is 4.59. The van der Waals surface area contributed by atoms with Gasteiger partial charge in [0.1, 0.15) is 17.0 Å². The molecular weight excluding hydrogens is 196 g/mol. The standard InChI is InChI=1S/C10H14N2O3/c1-6(13)7-5-8(12-11-7)9(14)15-10(2,3)4/h5H,1-4H3,(H,11,12). The minimum Gasteiger partial charge on any atom is -0.455 e. The first-order valence-corrected chi connectivity index (χ1v) is 4.59. The monoisotopic (exact) mass is 210 g/mol. The van der Waals surface area contributed by atoms with Crippen LogP contribution in [0.25, 0.3) is 0 Å². The highest BCUT2D eigenvalue weighted by Crippen LogP contribution is 2.11. The van der Waals surface area contributed by atoms with E-state index in [1.54, 1.807) is 20.8 Å². The number of H-pyrrole nitrogens is 1. The lowest BCUT2D eigenvalue weighted by Crippen LogP contribution is -2.24. The summed E-state index contributed by atoms with van der Waals surface area (Å²) in [5.41, 5.74) is -0.135. The second-order valence-electron chi connectivity index (χ2n) is 4.22. The van der Waals surface area contributed by atoms with Gasteiger partial charge in [-0.15, -0.1) is 0 Å². The number of esters is 1. The number of aromatic amines is 1. The van der Waals surface area contributed by atoms with E-state index in [1.165, 1.54) is 13.0 Å². The van der Waals surface area contributed by atoms with Crippen molar-refractivity contribution in [2.45, 2.75) is 33.3 Å². The molecule has 0 spiro atoms. The van der Waals surface area contributed by atoms with E-state index in [4.69, 9.17) is 4.74 Å². The van der Waals surface area contributed by atoms with Crippen molar-refractivity contribution in [2.75, 3.05) is 0 Å². The molecule has 1 heterocycles. The first-order chi connectivity index (χ1) is 6.79. The Labute approximate surface area is 87.8 Å². The average molecular weight is 210 g/mol. The van der Waals surface area contributed by atoms with Crippen molar-refractivity contribution >= 4 is 11.8 Å². The van der Waals surface area contributed by atoms with Crippen LogP contribution < -0.4 is 0 Å². The Morgan fingerprint density at radius 3 is 2.40 bits per heavy atom. The van der Waals surface area contributed by atoms with Crippen molar-refractivity contribution < 1.29 is 14.3 Å². The van der Waals surface area contributed by atoms with Gasteiger partial charge in [0.25, 0.3) is 0 Å². The number of carbonyl (C=O) groups is 2. The Hall–Kier alpha value is -1.65. The SMILES string of the molecule is CC(=O)c1cc(C(=O)OC(C)(C)C)[nH]n1. The maximum Gasteiger partial charge on any atom is 0.356 e. The first kappa shape index (κ1) is 11.4. The Kier molecular flexibility index (Phi) is 2.93. The largest absolute Gasteiger partial charge is 0.455 e. The molecule has 1 aromatic heterocycles. The highest BCUT2D eigenvalue weighted by Gasteiger charge is 2.20. The maximum atomic E-state index is 11.5. The van der Waals surface area contributed by atoms with E-state index >= 15 is 0 Å². The lowest BCUT2D eigenvalue weighted by Gasteiger charge is -2.18. The van der Waals surface area contributed by atoms with Crippen molar-refractivity contribution in [1.29, 1.82) is 0 Å². The molecular formula is C10H14N2O3. The van der Waals surface area contributed by atoms with Crippen molar-refractivity contribution in [3.63, 3.8) is 0 Å². The molecule has 5 heteroatoms. The van der Waals surface area contributed by atoms with Gasteiger partial charge < -0.3 is 4.74 Å². The number of aromatic nitrogens is 2. The average Bonchev–Trinajstić information content (AvgIpc) is 2.47. The topological polar surface area (TPSA) is 72.1 Å². The zero-order valence-electron chi connectivity index (χ0n) is 9.25. The molecule has 0 fully saturated rings. The van der Waals surface area contributed by atoms with Crippen molar-refractivity contribution in [2.24, 2.45) is 0 Å². The van der Waals surface area contributed by atoms with Crippen LogP contribution in [0.2, 0.25) is 0 Å². The molecule has 0 atom stereocenters. The summed E-state index contributed by atoms with van der Waals surface area (Å²) in [6.45, 7) is 6.70. The smallest absolute Gasteiger partial charge is 0.356 e. The molecule has 0 saturated carbocycles. The Bertz CT molecular complexity index is 388. The molecule has 82 valence electrons. The van der Waals surface area contributed by atoms with E-state index in [0.717, 1.165) is 0 Å². The summed E-state index contributed by atoms with van der Waals surface area (Å²) in [7, 11) is 0. The molecule has 0 aliphatic carbocycles. The molecule has 0 radical (unpaired) electrons. The van der Waals surface area contributed by atoms with Crippen LogP contribution in [0, 0.1) is 0 Å². The highest BCUT2D eigenvalue weighted by atomic mass is 16.6. The van der Waals surface area contributed by atoms with Gasteiger partial charge in [0.2, 0.25) is 0 Å². The molecule has 0 saturated heterocycles. The van der Waals surface area contributed by atoms with Gasteiger partial charge in [-0.05, 0) is 20.8 Å². The molecule has 0 aliphatic heterocycles. The number of ether oxygens (including phenoxy) is 1. The van der Waals surface area contributed by atoms with E-state index in [9.17, 15) is 9.59 Å². The van der Waals surface area contributed by atoms with Crippen LogP contribution in [-0.4, -0.2) is 27.6 Å². The van der Waals surface area contributed by atoms with Crippen LogP contribution in [0.5, 0.6) is 0 Å². The van der Waals surface area contributed by atoms with E-state index in [2.05, 4.69) is 10.2 Å². The fourth-order valence-electron chi connectivity index (χ4n) is 0.940. The summed E-state index contributed by atoms with van der Waals surface area (Å²) in [5.74, 6) is -0.705. The molecule has 15 heavy (non-hydrogen) atoms. The van der Waals surface area contributed by atoms with Crippen LogP contribution in [0.4, 0.5) is 0 Å². The second-order valence-corrected chi connectivity index (χ2v) is 4.22. The molecule has 1 N–H and O–H groups in total. The number of carbonyl (C=O) groups excluding carboxylic acids is 2. The quantitative estimate of drug-likeness (QED) is 0.594. The van der Waals surface area contributed by atoms with Crippen LogP contribution in [0.15, 0.2) is 6.07 Å². The number of ketones is 1. The summed E-state index contributed by atoms with van der Waals surface area (Å²) < 4.78 is 5.10. The van der Waals surface area contributed by atoms with Gasteiger partial charge in [-0.25, -0.2) is 4.79 Å². The molecule has 0 aliphatic rings. The fourth-order valence-corrected chi connectivity index (χ4v) is 0.940.